The van der Waals surface area contributed by atoms with Crippen molar-refractivity contribution in [3.05, 3.63) is 95.6 Å². The quantitative estimate of drug-likeness (QED) is 0.662. The molecular weight excluding hydrogens is 366 g/mol. The van der Waals surface area contributed by atoms with Gasteiger partial charge in [0, 0.05) is 12.1 Å². The van der Waals surface area contributed by atoms with Crippen molar-refractivity contribution in [2.45, 2.75) is 6.42 Å². The molecule has 0 radical (unpaired) electrons. The number of benzene rings is 3. The van der Waals surface area contributed by atoms with Gasteiger partial charge in [0.2, 0.25) is 0 Å². The van der Waals surface area contributed by atoms with Crippen LogP contribution in [0, 0.1) is 0 Å². The van der Waals surface area contributed by atoms with Gasteiger partial charge in [0.15, 0.2) is 5.71 Å². The number of aromatic hydroxyl groups is 1. The number of rotatable bonds is 5. The average molecular weight is 385 g/mol. The van der Waals surface area contributed by atoms with Crippen molar-refractivity contribution in [1.82, 2.24) is 5.43 Å². The number of phenolic OH excluding ortho intramolecular Hbond substituents is 1. The van der Waals surface area contributed by atoms with Crippen molar-refractivity contribution in [3.63, 3.8) is 0 Å². The largest absolute Gasteiger partial charge is 0.507 e. The number of carbonyl (C=O) groups is 2. The molecule has 29 heavy (non-hydrogen) atoms. The van der Waals surface area contributed by atoms with Crippen LogP contribution in [-0.2, 0) is 11.2 Å². The molecule has 1 aliphatic heterocycles. The SMILES string of the molecule is O=C(N/N=C1\C(=O)N(CCc2ccccc2)c2ccccc21)c1ccccc1O. The van der Waals surface area contributed by atoms with Crippen molar-refractivity contribution in [1.29, 1.82) is 0 Å². The highest BCUT2D eigenvalue weighted by Crippen LogP contribution is 2.29. The van der Waals surface area contributed by atoms with Crippen LogP contribution in [0.15, 0.2) is 84.0 Å². The van der Waals surface area contributed by atoms with E-state index in [1.807, 2.05) is 48.5 Å². The molecule has 4 rings (SSSR count). The van der Waals surface area contributed by atoms with Crippen LogP contribution in [0.1, 0.15) is 21.5 Å². The van der Waals surface area contributed by atoms with Crippen LogP contribution in [0.25, 0.3) is 0 Å². The molecule has 0 unspecified atom stereocenters. The van der Waals surface area contributed by atoms with Gasteiger partial charge < -0.3 is 10.0 Å². The van der Waals surface area contributed by atoms with Gasteiger partial charge in [-0.1, -0.05) is 60.7 Å². The molecule has 0 saturated heterocycles. The van der Waals surface area contributed by atoms with Crippen molar-refractivity contribution in [2.75, 3.05) is 11.4 Å². The number of hydrazone groups is 1. The fraction of sp³-hybridized carbons (Fsp3) is 0.0870. The lowest BCUT2D eigenvalue weighted by atomic mass is 10.1. The van der Waals surface area contributed by atoms with Crippen molar-refractivity contribution in [2.24, 2.45) is 5.10 Å². The minimum absolute atomic E-state index is 0.0940. The zero-order valence-electron chi connectivity index (χ0n) is 15.6. The van der Waals surface area contributed by atoms with E-state index in [1.165, 1.54) is 12.1 Å². The highest BCUT2D eigenvalue weighted by molar-refractivity contribution is 6.54. The summed E-state index contributed by atoms with van der Waals surface area (Å²) < 4.78 is 0. The van der Waals surface area contributed by atoms with E-state index in [2.05, 4.69) is 10.5 Å². The molecule has 0 atom stereocenters. The normalized spacial score (nSPS) is 14.1. The monoisotopic (exact) mass is 385 g/mol. The molecule has 144 valence electrons. The summed E-state index contributed by atoms with van der Waals surface area (Å²) in [6.07, 6.45) is 0.707. The molecule has 2 amide bonds. The van der Waals surface area contributed by atoms with E-state index < -0.39 is 5.91 Å². The van der Waals surface area contributed by atoms with Gasteiger partial charge in [0.05, 0.1) is 11.3 Å². The van der Waals surface area contributed by atoms with E-state index in [1.54, 1.807) is 23.1 Å². The van der Waals surface area contributed by atoms with Gasteiger partial charge in [-0.2, -0.15) is 5.10 Å². The number of amides is 2. The number of hydrogen-bond donors (Lipinski definition) is 2. The van der Waals surface area contributed by atoms with Crippen molar-refractivity contribution in [3.8, 4) is 5.75 Å². The summed E-state index contributed by atoms with van der Waals surface area (Å²) in [4.78, 5) is 27.0. The average Bonchev–Trinajstić information content (AvgIpc) is 3.02. The molecular formula is C23H19N3O3. The molecule has 0 spiro atoms. The number of nitrogens with one attached hydrogen (secondary N) is 1. The van der Waals surface area contributed by atoms with E-state index in [0.29, 0.717) is 18.5 Å². The first-order chi connectivity index (χ1) is 14.1. The van der Waals surface area contributed by atoms with E-state index in [0.717, 1.165) is 11.3 Å². The molecule has 3 aromatic carbocycles. The standard InChI is InChI=1S/C23H19N3O3/c27-20-13-7-5-11-18(20)22(28)25-24-21-17-10-4-6-12-19(17)26(23(21)29)15-14-16-8-2-1-3-9-16/h1-13,27H,14-15H2,(H,25,28)/b24-21-. The number of para-hydroxylation sites is 2. The number of hydrogen-bond acceptors (Lipinski definition) is 4. The summed E-state index contributed by atoms with van der Waals surface area (Å²) in [6, 6.07) is 23.5. The van der Waals surface area contributed by atoms with Gasteiger partial charge in [0.25, 0.3) is 11.8 Å². The zero-order valence-corrected chi connectivity index (χ0v) is 15.6. The fourth-order valence-electron chi connectivity index (χ4n) is 3.31. The van der Waals surface area contributed by atoms with Crippen LogP contribution in [0.3, 0.4) is 0 Å². The van der Waals surface area contributed by atoms with Gasteiger partial charge >= 0.3 is 0 Å². The van der Waals surface area contributed by atoms with Crippen molar-refractivity contribution < 1.29 is 14.7 Å². The Morgan fingerprint density at radius 1 is 0.931 bits per heavy atom. The smallest absolute Gasteiger partial charge is 0.279 e. The molecule has 6 heteroatoms. The highest BCUT2D eigenvalue weighted by atomic mass is 16.3. The Labute approximate surface area is 168 Å². The summed E-state index contributed by atoms with van der Waals surface area (Å²) in [5, 5.41) is 13.9. The molecule has 6 nitrogen and oxygen atoms in total. The molecule has 0 aliphatic carbocycles. The Morgan fingerprint density at radius 3 is 2.41 bits per heavy atom. The van der Waals surface area contributed by atoms with Gasteiger partial charge in [0.1, 0.15) is 5.75 Å². The third kappa shape index (κ3) is 3.73. The maximum atomic E-state index is 13.0. The maximum Gasteiger partial charge on any atom is 0.279 e. The lowest BCUT2D eigenvalue weighted by Gasteiger charge is -2.16. The predicted molar refractivity (Wildman–Crippen MR) is 111 cm³/mol. The van der Waals surface area contributed by atoms with Gasteiger partial charge in [-0.05, 0) is 30.2 Å². The van der Waals surface area contributed by atoms with E-state index >= 15 is 0 Å². The summed E-state index contributed by atoms with van der Waals surface area (Å²) >= 11 is 0. The Hall–Kier alpha value is -3.93. The first-order valence-corrected chi connectivity index (χ1v) is 9.26. The molecule has 3 aromatic rings. The third-order valence-electron chi connectivity index (χ3n) is 4.78. The summed E-state index contributed by atoms with van der Waals surface area (Å²) in [5.41, 5.74) is 5.23. The molecule has 0 saturated carbocycles. The molecule has 0 bridgehead atoms. The third-order valence-corrected chi connectivity index (χ3v) is 4.78. The van der Waals surface area contributed by atoms with Crippen LogP contribution in [0.4, 0.5) is 5.69 Å². The second-order valence-electron chi connectivity index (χ2n) is 6.63. The second kappa shape index (κ2) is 7.98. The maximum absolute atomic E-state index is 13.0. The van der Waals surface area contributed by atoms with Crippen LogP contribution in [-0.4, -0.2) is 29.2 Å². The molecule has 1 heterocycles. The molecule has 0 fully saturated rings. The first-order valence-electron chi connectivity index (χ1n) is 9.26. The van der Waals surface area contributed by atoms with Gasteiger partial charge in [-0.15, -0.1) is 0 Å². The number of phenols is 1. The molecule has 1 aliphatic rings. The predicted octanol–water partition coefficient (Wildman–Crippen LogP) is 3.12. The lowest BCUT2D eigenvalue weighted by Crippen LogP contribution is -2.33. The Morgan fingerprint density at radius 2 is 1.62 bits per heavy atom. The van der Waals surface area contributed by atoms with Crippen LogP contribution < -0.4 is 10.3 Å². The topological polar surface area (TPSA) is 82.0 Å². The Balaban J connectivity index is 1.56. The number of carbonyl (C=O) groups excluding carboxylic acids is 2. The summed E-state index contributed by atoms with van der Waals surface area (Å²) in [5.74, 6) is -0.990. The summed E-state index contributed by atoms with van der Waals surface area (Å²) in [6.45, 7) is 0.506. The van der Waals surface area contributed by atoms with Crippen LogP contribution in [0.2, 0.25) is 0 Å². The molecule has 2 N–H and O–H groups in total. The number of anilines is 1. The lowest BCUT2D eigenvalue weighted by molar-refractivity contribution is -0.112. The van der Waals surface area contributed by atoms with E-state index in [4.69, 9.17) is 0 Å². The number of nitrogens with zero attached hydrogens (tertiary/aromatic N) is 2. The van der Waals surface area contributed by atoms with E-state index in [-0.39, 0.29) is 22.9 Å². The van der Waals surface area contributed by atoms with Crippen LogP contribution >= 0.6 is 0 Å². The number of fused-ring (bicyclic) bond motifs is 1. The zero-order chi connectivity index (χ0) is 20.2. The first kappa shape index (κ1) is 18.4. The second-order valence-corrected chi connectivity index (χ2v) is 6.63. The van der Waals surface area contributed by atoms with Crippen molar-refractivity contribution >= 4 is 23.2 Å². The minimum atomic E-state index is -0.580. The highest BCUT2D eigenvalue weighted by Gasteiger charge is 2.33. The van der Waals surface area contributed by atoms with Gasteiger partial charge in [-0.3, -0.25) is 9.59 Å². The van der Waals surface area contributed by atoms with Crippen LogP contribution in [0.5, 0.6) is 5.75 Å². The summed E-state index contributed by atoms with van der Waals surface area (Å²) in [7, 11) is 0. The van der Waals surface area contributed by atoms with Gasteiger partial charge in [-0.25, -0.2) is 5.43 Å². The Bertz CT molecular complexity index is 1090. The van der Waals surface area contributed by atoms with E-state index in [9.17, 15) is 14.7 Å². The Kier molecular flexibility index (Phi) is 5.07. The molecule has 0 aromatic heterocycles. The fourth-order valence-corrected chi connectivity index (χ4v) is 3.31. The minimum Gasteiger partial charge on any atom is -0.507 e.